The maximum absolute atomic E-state index is 11.1. The molecule has 0 fully saturated rings. The summed E-state index contributed by atoms with van der Waals surface area (Å²) in [6.07, 6.45) is 1.80. The van der Waals surface area contributed by atoms with Crippen LogP contribution in [-0.2, 0) is 6.54 Å². The molecule has 0 saturated heterocycles. The average molecular weight is 286 g/mol. The first-order valence-electron chi connectivity index (χ1n) is 6.29. The number of hydrogen-bond donors (Lipinski definition) is 1. The van der Waals surface area contributed by atoms with Gasteiger partial charge in [-0.25, -0.2) is 9.78 Å². The number of aryl methyl sites for hydroxylation is 1. The number of carboxylic acid groups (broad SMARTS) is 1. The Kier molecular flexibility index (Phi) is 3.06. The van der Waals surface area contributed by atoms with Gasteiger partial charge in [-0.15, -0.1) is 11.3 Å². The number of aromatic nitrogens is 2. The minimum absolute atomic E-state index is 0.326. The van der Waals surface area contributed by atoms with Crippen molar-refractivity contribution in [3.05, 3.63) is 51.6 Å². The molecule has 5 heteroatoms. The summed E-state index contributed by atoms with van der Waals surface area (Å²) in [6, 6.07) is 5.28. The number of hydrogen-bond acceptors (Lipinski definition) is 3. The summed E-state index contributed by atoms with van der Waals surface area (Å²) in [5.74, 6) is -0.892. The number of rotatable bonds is 3. The van der Waals surface area contributed by atoms with Crippen LogP contribution in [0.4, 0.5) is 0 Å². The third-order valence-corrected chi connectivity index (χ3v) is 4.43. The van der Waals surface area contributed by atoms with Crippen molar-refractivity contribution in [1.82, 2.24) is 9.55 Å². The predicted octanol–water partition coefficient (Wildman–Crippen LogP) is 3.46. The minimum atomic E-state index is -0.892. The van der Waals surface area contributed by atoms with Gasteiger partial charge in [-0.2, -0.15) is 0 Å². The van der Waals surface area contributed by atoms with Gasteiger partial charge in [0.15, 0.2) is 0 Å². The van der Waals surface area contributed by atoms with Crippen molar-refractivity contribution < 1.29 is 9.90 Å². The van der Waals surface area contributed by atoms with Gasteiger partial charge in [0, 0.05) is 28.2 Å². The number of carbonyl (C=O) groups is 1. The second-order valence-corrected chi connectivity index (χ2v) is 5.74. The molecule has 0 aliphatic rings. The van der Waals surface area contributed by atoms with Gasteiger partial charge in [0.05, 0.1) is 12.1 Å². The molecule has 0 bridgehead atoms. The Morgan fingerprint density at radius 2 is 2.20 bits per heavy atom. The first-order valence-corrected chi connectivity index (χ1v) is 7.17. The van der Waals surface area contributed by atoms with Crippen LogP contribution in [-0.4, -0.2) is 20.6 Å². The van der Waals surface area contributed by atoms with E-state index in [-0.39, 0.29) is 0 Å². The van der Waals surface area contributed by atoms with Gasteiger partial charge in [0.25, 0.3) is 0 Å². The summed E-state index contributed by atoms with van der Waals surface area (Å²) in [6.45, 7) is 4.81. The van der Waals surface area contributed by atoms with Crippen LogP contribution in [0.25, 0.3) is 10.9 Å². The fraction of sp³-hybridized carbons (Fsp3) is 0.200. The molecule has 1 aromatic carbocycles. The summed E-state index contributed by atoms with van der Waals surface area (Å²) in [5.41, 5.74) is 3.66. The fourth-order valence-electron chi connectivity index (χ4n) is 2.45. The standard InChI is InChI=1S/C15H14N2O2S/c1-9-10(2)17(8-14-16-5-6-20-14)13-4-3-11(15(18)19)7-12(9)13/h3-7H,8H2,1-2H3,(H,18,19). The maximum atomic E-state index is 11.1. The van der Waals surface area contributed by atoms with Crippen LogP contribution >= 0.6 is 11.3 Å². The fourth-order valence-corrected chi connectivity index (χ4v) is 3.06. The van der Waals surface area contributed by atoms with Crippen molar-refractivity contribution in [1.29, 1.82) is 0 Å². The molecule has 0 amide bonds. The van der Waals surface area contributed by atoms with E-state index in [0.29, 0.717) is 5.56 Å². The topological polar surface area (TPSA) is 55.1 Å². The molecule has 1 N–H and O–H groups in total. The zero-order valence-electron chi connectivity index (χ0n) is 11.3. The van der Waals surface area contributed by atoms with E-state index in [9.17, 15) is 4.79 Å². The van der Waals surface area contributed by atoms with E-state index in [4.69, 9.17) is 5.11 Å². The van der Waals surface area contributed by atoms with Crippen molar-refractivity contribution in [2.24, 2.45) is 0 Å². The Labute approximate surface area is 120 Å². The Bertz CT molecular complexity index is 788. The molecule has 2 aromatic heterocycles. The van der Waals surface area contributed by atoms with Crippen LogP contribution in [0.15, 0.2) is 29.8 Å². The Balaban J connectivity index is 2.17. The number of thiazole rings is 1. The van der Waals surface area contributed by atoms with Crippen molar-refractivity contribution in [2.45, 2.75) is 20.4 Å². The summed E-state index contributed by atoms with van der Waals surface area (Å²) in [4.78, 5) is 15.4. The third kappa shape index (κ3) is 2.00. The van der Waals surface area contributed by atoms with Crippen molar-refractivity contribution in [2.75, 3.05) is 0 Å². The highest BCUT2D eigenvalue weighted by Gasteiger charge is 2.14. The highest BCUT2D eigenvalue weighted by Crippen LogP contribution is 2.27. The number of nitrogens with zero attached hydrogens (tertiary/aromatic N) is 2. The van der Waals surface area contributed by atoms with Crippen LogP contribution < -0.4 is 0 Å². The minimum Gasteiger partial charge on any atom is -0.478 e. The lowest BCUT2D eigenvalue weighted by Gasteiger charge is -2.06. The van der Waals surface area contributed by atoms with Crippen LogP contribution in [0.5, 0.6) is 0 Å². The average Bonchev–Trinajstić information content (AvgIpc) is 3.02. The summed E-state index contributed by atoms with van der Waals surface area (Å²) in [5, 5.41) is 13.1. The first kappa shape index (κ1) is 12.9. The molecule has 0 spiro atoms. The zero-order chi connectivity index (χ0) is 14.3. The normalized spacial score (nSPS) is 11.1. The SMILES string of the molecule is Cc1c(C)n(Cc2nccs2)c2ccc(C(=O)O)cc12. The van der Waals surface area contributed by atoms with E-state index in [1.54, 1.807) is 29.7 Å². The molecule has 3 rings (SSSR count). The van der Waals surface area contributed by atoms with E-state index in [1.165, 1.54) is 0 Å². The Hall–Kier alpha value is -2.14. The predicted molar refractivity (Wildman–Crippen MR) is 79.6 cm³/mol. The zero-order valence-corrected chi connectivity index (χ0v) is 12.1. The van der Waals surface area contributed by atoms with Crippen LogP contribution in [0, 0.1) is 13.8 Å². The van der Waals surface area contributed by atoms with Crippen molar-refractivity contribution >= 4 is 28.2 Å². The van der Waals surface area contributed by atoms with Gasteiger partial charge in [0.1, 0.15) is 5.01 Å². The van der Waals surface area contributed by atoms with Crippen LogP contribution in [0.2, 0.25) is 0 Å². The molecule has 0 saturated carbocycles. The van der Waals surface area contributed by atoms with E-state index >= 15 is 0 Å². The Morgan fingerprint density at radius 1 is 1.40 bits per heavy atom. The number of benzene rings is 1. The first-order chi connectivity index (χ1) is 9.58. The summed E-state index contributed by atoms with van der Waals surface area (Å²) < 4.78 is 2.19. The van der Waals surface area contributed by atoms with Crippen molar-refractivity contribution in [3.8, 4) is 0 Å². The highest BCUT2D eigenvalue weighted by atomic mass is 32.1. The molecular formula is C15H14N2O2S. The lowest BCUT2D eigenvalue weighted by atomic mass is 10.1. The quantitative estimate of drug-likeness (QED) is 0.802. The number of aromatic carboxylic acids is 1. The van der Waals surface area contributed by atoms with Gasteiger partial charge in [0.2, 0.25) is 0 Å². The van der Waals surface area contributed by atoms with E-state index < -0.39 is 5.97 Å². The monoisotopic (exact) mass is 286 g/mol. The molecule has 0 aliphatic heterocycles. The summed E-state index contributed by atoms with van der Waals surface area (Å²) in [7, 11) is 0. The number of fused-ring (bicyclic) bond motifs is 1. The molecular weight excluding hydrogens is 272 g/mol. The molecule has 0 unspecified atom stereocenters. The molecule has 4 nitrogen and oxygen atoms in total. The van der Waals surface area contributed by atoms with Gasteiger partial charge in [-0.05, 0) is 37.6 Å². The molecule has 0 radical (unpaired) electrons. The highest BCUT2D eigenvalue weighted by molar-refractivity contribution is 7.09. The molecule has 2 heterocycles. The van der Waals surface area contributed by atoms with Gasteiger partial charge in [-0.3, -0.25) is 0 Å². The maximum Gasteiger partial charge on any atom is 0.335 e. The van der Waals surface area contributed by atoms with Gasteiger partial charge in [-0.1, -0.05) is 0 Å². The largest absolute Gasteiger partial charge is 0.478 e. The van der Waals surface area contributed by atoms with Crippen LogP contribution in [0.3, 0.4) is 0 Å². The van der Waals surface area contributed by atoms with Crippen molar-refractivity contribution in [3.63, 3.8) is 0 Å². The third-order valence-electron chi connectivity index (χ3n) is 3.66. The lowest BCUT2D eigenvalue weighted by molar-refractivity contribution is 0.0697. The molecule has 3 aromatic rings. The molecule has 20 heavy (non-hydrogen) atoms. The van der Waals surface area contributed by atoms with E-state index in [1.807, 2.05) is 18.4 Å². The molecule has 102 valence electrons. The van der Waals surface area contributed by atoms with Gasteiger partial charge < -0.3 is 9.67 Å². The molecule has 0 aliphatic carbocycles. The second-order valence-electron chi connectivity index (χ2n) is 4.76. The van der Waals surface area contributed by atoms with Crippen LogP contribution in [0.1, 0.15) is 26.6 Å². The van der Waals surface area contributed by atoms with E-state index in [2.05, 4.69) is 16.5 Å². The second kappa shape index (κ2) is 4.76. The number of carboxylic acids is 1. The smallest absolute Gasteiger partial charge is 0.335 e. The summed E-state index contributed by atoms with van der Waals surface area (Å²) >= 11 is 1.63. The molecule has 0 atom stereocenters. The van der Waals surface area contributed by atoms with Gasteiger partial charge >= 0.3 is 5.97 Å². The Morgan fingerprint density at radius 3 is 2.85 bits per heavy atom. The van der Waals surface area contributed by atoms with E-state index in [0.717, 1.165) is 33.7 Å². The lowest BCUT2D eigenvalue weighted by Crippen LogP contribution is -2.01.